The van der Waals surface area contributed by atoms with Crippen molar-refractivity contribution in [3.63, 3.8) is 0 Å². The predicted octanol–water partition coefficient (Wildman–Crippen LogP) is 4.66. The number of anilines is 1. The molecular formula is C33H36FN7O4S. The van der Waals surface area contributed by atoms with Gasteiger partial charge in [0.15, 0.2) is 11.6 Å². The molecule has 2 saturated heterocycles. The van der Waals surface area contributed by atoms with Gasteiger partial charge in [0.25, 0.3) is 5.91 Å². The van der Waals surface area contributed by atoms with Crippen molar-refractivity contribution >= 4 is 39.2 Å². The lowest BCUT2D eigenvalue weighted by Crippen LogP contribution is -2.51. The summed E-state index contributed by atoms with van der Waals surface area (Å²) in [6, 6.07) is 11.5. The van der Waals surface area contributed by atoms with Gasteiger partial charge in [-0.3, -0.25) is 24.6 Å². The molecule has 2 N–H and O–H groups in total. The van der Waals surface area contributed by atoms with Crippen LogP contribution in [0.3, 0.4) is 0 Å². The van der Waals surface area contributed by atoms with E-state index in [-0.39, 0.29) is 23.7 Å². The van der Waals surface area contributed by atoms with E-state index in [0.29, 0.717) is 41.3 Å². The highest BCUT2D eigenvalue weighted by atomic mass is 32.1. The topological polar surface area (TPSA) is 112 Å². The molecule has 3 aliphatic rings. The third kappa shape index (κ3) is 7.28. The van der Waals surface area contributed by atoms with E-state index in [1.807, 2.05) is 23.1 Å². The molecule has 46 heavy (non-hydrogen) atoms. The quantitative estimate of drug-likeness (QED) is 0.270. The first-order valence-corrected chi connectivity index (χ1v) is 16.5. The van der Waals surface area contributed by atoms with E-state index < -0.39 is 5.82 Å². The molecule has 5 heterocycles. The molecule has 3 fully saturated rings. The smallest absolute Gasteiger partial charge is 0.319 e. The summed E-state index contributed by atoms with van der Waals surface area (Å²) in [6.45, 7) is 8.77. The van der Waals surface area contributed by atoms with Gasteiger partial charge in [0, 0.05) is 88.6 Å². The number of ether oxygens (including phenoxy) is 2. The molecule has 3 amide bonds. The number of morpholine rings is 1. The molecule has 0 bridgehead atoms. The summed E-state index contributed by atoms with van der Waals surface area (Å²) in [4.78, 5) is 41.9. The molecule has 1 aliphatic carbocycles. The van der Waals surface area contributed by atoms with Crippen LogP contribution in [0.4, 0.5) is 14.9 Å². The zero-order valence-electron chi connectivity index (χ0n) is 25.4. The number of carbonyl (C=O) groups excluding carboxylic acids is 2. The number of halogens is 1. The first-order valence-electron chi connectivity index (χ1n) is 15.7. The van der Waals surface area contributed by atoms with Crippen molar-refractivity contribution in [2.24, 2.45) is 0 Å². The number of hydrogen-bond acceptors (Lipinski definition) is 9. The van der Waals surface area contributed by atoms with Gasteiger partial charge in [0.1, 0.15) is 5.75 Å². The second-order valence-electron chi connectivity index (χ2n) is 11.8. The molecule has 1 saturated carbocycles. The Labute approximate surface area is 270 Å². The maximum absolute atomic E-state index is 14.9. The van der Waals surface area contributed by atoms with Gasteiger partial charge >= 0.3 is 6.03 Å². The van der Waals surface area contributed by atoms with Crippen LogP contribution in [0.5, 0.6) is 11.5 Å². The second kappa shape index (κ2) is 13.7. The van der Waals surface area contributed by atoms with E-state index in [9.17, 15) is 14.0 Å². The first kappa shape index (κ1) is 30.5. The Morgan fingerprint density at radius 2 is 1.72 bits per heavy atom. The number of piperazine rings is 1. The molecule has 11 nitrogen and oxygen atoms in total. The van der Waals surface area contributed by atoms with Crippen molar-refractivity contribution in [1.29, 1.82) is 0 Å². The number of hydrogen-bond donors (Lipinski definition) is 2. The summed E-state index contributed by atoms with van der Waals surface area (Å²) in [6.07, 6.45) is 5.18. The van der Waals surface area contributed by atoms with Crippen LogP contribution < -0.4 is 15.4 Å². The molecule has 7 rings (SSSR count). The number of nitrogens with zero attached hydrogens (tertiary/aromatic N) is 5. The normalized spacial score (nSPS) is 17.6. The van der Waals surface area contributed by atoms with Gasteiger partial charge in [-0.1, -0.05) is 0 Å². The Bertz CT molecular complexity index is 1700. The van der Waals surface area contributed by atoms with E-state index >= 15 is 0 Å². The zero-order chi connectivity index (χ0) is 31.5. The van der Waals surface area contributed by atoms with Gasteiger partial charge in [-0.15, -0.1) is 11.3 Å². The van der Waals surface area contributed by atoms with E-state index in [1.165, 1.54) is 23.5 Å². The molecule has 0 atom stereocenters. The highest BCUT2D eigenvalue weighted by molar-refractivity contribution is 7.22. The number of carbonyl (C=O) groups is 2. The number of pyridine rings is 2. The third-order valence-electron chi connectivity index (χ3n) is 8.46. The molecular weight excluding hydrogens is 609 g/mol. The Morgan fingerprint density at radius 1 is 0.935 bits per heavy atom. The van der Waals surface area contributed by atoms with E-state index in [2.05, 4.69) is 30.4 Å². The van der Waals surface area contributed by atoms with Crippen LogP contribution in [-0.4, -0.2) is 108 Å². The molecule has 1 aromatic carbocycles. The van der Waals surface area contributed by atoms with Crippen molar-refractivity contribution in [3.05, 3.63) is 66.2 Å². The lowest BCUT2D eigenvalue weighted by Gasteiger charge is -2.36. The van der Waals surface area contributed by atoms with Crippen LogP contribution in [0.2, 0.25) is 0 Å². The number of aromatic nitrogens is 2. The van der Waals surface area contributed by atoms with Crippen LogP contribution in [-0.2, 0) is 4.74 Å². The maximum Gasteiger partial charge on any atom is 0.319 e. The van der Waals surface area contributed by atoms with Crippen LogP contribution >= 0.6 is 11.3 Å². The molecule has 4 aromatic rings. The third-order valence-corrected chi connectivity index (χ3v) is 9.62. The van der Waals surface area contributed by atoms with Crippen molar-refractivity contribution in [1.82, 2.24) is 30.0 Å². The van der Waals surface area contributed by atoms with Gasteiger partial charge in [0.2, 0.25) is 0 Å². The van der Waals surface area contributed by atoms with E-state index in [0.717, 1.165) is 74.9 Å². The minimum Gasteiger partial charge on any atom is -0.453 e. The maximum atomic E-state index is 14.9. The van der Waals surface area contributed by atoms with Crippen molar-refractivity contribution < 1.29 is 23.5 Å². The number of benzene rings is 1. The number of amides is 3. The SMILES string of the molecule is O=C(Nc1ccc(Oc2ccnc3cc(-c4ccc(C(=O)N5CCN(CCN6CCOCC6)CC5)cn4)sc23)c(F)c1)NC1CC1. The number of thiophene rings is 1. The molecule has 0 unspecified atom stereocenters. The van der Waals surface area contributed by atoms with E-state index in [1.54, 1.807) is 24.5 Å². The second-order valence-corrected chi connectivity index (χ2v) is 12.8. The van der Waals surface area contributed by atoms with Gasteiger partial charge < -0.3 is 25.0 Å². The molecule has 0 spiro atoms. The number of urea groups is 1. The molecule has 3 aromatic heterocycles. The average molecular weight is 646 g/mol. The van der Waals surface area contributed by atoms with Crippen LogP contribution in [0.15, 0.2) is 54.9 Å². The highest BCUT2D eigenvalue weighted by Gasteiger charge is 2.24. The minimum atomic E-state index is -0.595. The summed E-state index contributed by atoms with van der Waals surface area (Å²) in [5.41, 5.74) is 2.31. The monoisotopic (exact) mass is 645 g/mol. The minimum absolute atomic E-state index is 0.00707. The summed E-state index contributed by atoms with van der Waals surface area (Å²) in [7, 11) is 0. The fourth-order valence-electron chi connectivity index (χ4n) is 5.61. The average Bonchev–Trinajstić information content (AvgIpc) is 3.78. The summed E-state index contributed by atoms with van der Waals surface area (Å²) in [5, 5.41) is 5.46. The largest absolute Gasteiger partial charge is 0.453 e. The Morgan fingerprint density at radius 3 is 2.43 bits per heavy atom. The van der Waals surface area contributed by atoms with Gasteiger partial charge in [0.05, 0.1) is 39.6 Å². The fourth-order valence-corrected chi connectivity index (χ4v) is 6.65. The van der Waals surface area contributed by atoms with Crippen molar-refractivity contribution in [2.45, 2.75) is 18.9 Å². The number of rotatable bonds is 9. The van der Waals surface area contributed by atoms with Crippen molar-refractivity contribution in [3.8, 4) is 22.1 Å². The van der Waals surface area contributed by atoms with Crippen LogP contribution in [0, 0.1) is 5.82 Å². The Kier molecular flexibility index (Phi) is 9.06. The highest BCUT2D eigenvalue weighted by Crippen LogP contribution is 2.39. The summed E-state index contributed by atoms with van der Waals surface area (Å²) in [5.74, 6) is -0.104. The number of fused-ring (bicyclic) bond motifs is 1. The lowest BCUT2D eigenvalue weighted by atomic mass is 10.2. The standard InChI is InChI=1S/C33H36FN7O4S/c34-25-19-24(38-33(43)37-23-2-3-23)4-6-28(25)45-29-7-8-35-27-20-30(46-31(27)29)26-5-1-22(21-36-26)32(42)41-13-11-39(12-14-41)9-10-40-15-17-44-18-16-40/h1,4-8,19-21,23H,2-3,9-18H2,(H2,37,38,43). The van der Waals surface area contributed by atoms with Gasteiger partial charge in [-0.25, -0.2) is 9.18 Å². The van der Waals surface area contributed by atoms with Crippen LogP contribution in [0.25, 0.3) is 20.8 Å². The number of nitrogens with one attached hydrogen (secondary N) is 2. The molecule has 0 radical (unpaired) electrons. The molecule has 240 valence electrons. The molecule has 13 heteroatoms. The zero-order valence-corrected chi connectivity index (χ0v) is 26.2. The van der Waals surface area contributed by atoms with Gasteiger partial charge in [-0.05, 0) is 43.2 Å². The van der Waals surface area contributed by atoms with Crippen molar-refractivity contribution in [2.75, 3.05) is 70.9 Å². The Balaban J connectivity index is 0.966. The predicted molar refractivity (Wildman–Crippen MR) is 174 cm³/mol. The molecule has 2 aliphatic heterocycles. The van der Waals surface area contributed by atoms with Crippen LogP contribution in [0.1, 0.15) is 23.2 Å². The van der Waals surface area contributed by atoms with Gasteiger partial charge in [-0.2, -0.15) is 0 Å². The van der Waals surface area contributed by atoms with E-state index in [4.69, 9.17) is 9.47 Å². The summed E-state index contributed by atoms with van der Waals surface area (Å²) >= 11 is 1.43. The Hall–Kier alpha value is -4.17. The fraction of sp³-hybridized carbons (Fsp3) is 0.394. The summed E-state index contributed by atoms with van der Waals surface area (Å²) < 4.78 is 27.1. The lowest BCUT2D eigenvalue weighted by molar-refractivity contribution is 0.0293. The first-order chi connectivity index (χ1) is 22.5.